The Morgan fingerprint density at radius 3 is 1.16 bits per heavy atom. The standard InChI is InChI=1S/C24H31NO2.C18H26BrNO.C9H20N2.C8H7BrO2.C6H6O/c1-17-13-20(27-19-9-7-6-8-10-19)11-12-21(17)22(26)14-18-15-23(2,3)25-24(4,5)16-18;1-12-8-14(19)6-7-15(12)16(21)9-13-10-17(2,3)20-18(4,5)11-13;1-8(2)5-7(10)6-9(3,4)11-8;1-5-4-6(9)2-3-7(5)8(10)11;7-6-4-2-1-3-5-6/h6-13,18,25H,14-16H2,1-5H3;6-8,13,20H,9-11H2,1-5H3;7,11H,5-6,10H2,1-4H3;2-4H,1H3,(H,10,11);1-5,7H. The number of carbonyl (C=O) groups excluding carboxylic acids is 2. The van der Waals surface area contributed by atoms with Crippen molar-refractivity contribution in [3.63, 3.8) is 0 Å². The normalized spacial score (nSPS) is 18.9. The van der Waals surface area contributed by atoms with E-state index in [1.807, 2.05) is 86.6 Å². The summed E-state index contributed by atoms with van der Waals surface area (Å²) in [6.07, 6.45) is 7.57. The molecule has 0 saturated carbocycles. The number of carboxylic acids is 1. The topological polar surface area (TPSA) is 163 Å². The minimum absolute atomic E-state index is 0.0646. The third-order valence-corrected chi connectivity index (χ3v) is 14.8. The molecule has 0 atom stereocenters. The summed E-state index contributed by atoms with van der Waals surface area (Å²) in [5.74, 6) is 2.37. The third kappa shape index (κ3) is 22.9. The minimum atomic E-state index is -0.880. The predicted octanol–water partition coefficient (Wildman–Crippen LogP) is 15.9. The molecule has 3 fully saturated rings. The number of phenols is 1. The van der Waals surface area contributed by atoms with E-state index in [4.69, 9.17) is 20.7 Å². The molecule has 7 N–H and O–H groups in total. The van der Waals surface area contributed by atoms with Crippen molar-refractivity contribution in [1.29, 1.82) is 0 Å². The molecular weight excluding hydrogens is 1090 g/mol. The fraction of sp³-hybridized carbons (Fsp3) is 0.492. The quantitative estimate of drug-likeness (QED) is 0.0783. The lowest BCUT2D eigenvalue weighted by Gasteiger charge is -2.46. The molecule has 0 bridgehead atoms. The maximum absolute atomic E-state index is 13.0. The molecule has 3 aliphatic heterocycles. The Balaban J connectivity index is 0.000000225. The van der Waals surface area contributed by atoms with Gasteiger partial charge in [-0.3, -0.25) is 9.59 Å². The van der Waals surface area contributed by atoms with Crippen molar-refractivity contribution in [1.82, 2.24) is 16.0 Å². The molecule has 5 aromatic rings. The Morgan fingerprint density at radius 2 is 0.831 bits per heavy atom. The number of phenolic OH excluding ortho intramolecular Hbond substituents is 1. The zero-order chi connectivity index (χ0) is 57.7. The van der Waals surface area contributed by atoms with E-state index in [9.17, 15) is 14.4 Å². The maximum Gasteiger partial charge on any atom is 0.335 e. The van der Waals surface area contributed by atoms with E-state index >= 15 is 0 Å². The number of Topliss-reactive ketones (excluding diaryl/α,β-unsaturated/α-hetero) is 2. The average Bonchev–Trinajstić information content (AvgIpc) is 3.24. The van der Waals surface area contributed by atoms with Crippen LogP contribution in [0.25, 0.3) is 0 Å². The molecule has 3 aliphatic rings. The second-order valence-electron chi connectivity index (χ2n) is 25.6. The molecule has 10 nitrogen and oxygen atoms in total. The van der Waals surface area contributed by atoms with Crippen molar-refractivity contribution in [2.24, 2.45) is 17.6 Å². The summed E-state index contributed by atoms with van der Waals surface area (Å²) in [6, 6.07) is 35.5. The van der Waals surface area contributed by atoms with Gasteiger partial charge in [0.2, 0.25) is 0 Å². The molecular formula is C65H90Br2N4O6. The van der Waals surface area contributed by atoms with Crippen molar-refractivity contribution in [3.05, 3.63) is 158 Å². The number of aryl methyl sites for hydroxylation is 3. The molecule has 0 aromatic heterocycles. The van der Waals surface area contributed by atoms with Gasteiger partial charge in [-0.25, -0.2) is 4.79 Å². The van der Waals surface area contributed by atoms with Crippen LogP contribution in [0.1, 0.15) is 182 Å². The third-order valence-electron chi connectivity index (χ3n) is 13.9. The highest BCUT2D eigenvalue weighted by atomic mass is 79.9. The molecule has 0 unspecified atom stereocenters. The van der Waals surface area contributed by atoms with Crippen LogP contribution >= 0.6 is 31.9 Å². The lowest BCUT2D eigenvalue weighted by atomic mass is 9.73. The Hall–Kier alpha value is -4.69. The van der Waals surface area contributed by atoms with Gasteiger partial charge in [-0.2, -0.15) is 0 Å². The number of carbonyl (C=O) groups is 3. The number of piperidine rings is 3. The van der Waals surface area contributed by atoms with E-state index in [2.05, 4.69) is 131 Å². The van der Waals surface area contributed by atoms with Gasteiger partial charge >= 0.3 is 5.97 Å². The van der Waals surface area contributed by atoms with Gasteiger partial charge in [-0.05, 0) is 244 Å². The second-order valence-corrected chi connectivity index (χ2v) is 27.4. The molecule has 77 heavy (non-hydrogen) atoms. The number of ether oxygens (including phenoxy) is 1. The van der Waals surface area contributed by atoms with Gasteiger partial charge in [0.1, 0.15) is 17.2 Å². The highest BCUT2D eigenvalue weighted by Gasteiger charge is 2.40. The molecule has 3 heterocycles. The Morgan fingerprint density at radius 1 is 0.494 bits per heavy atom. The van der Waals surface area contributed by atoms with Crippen molar-refractivity contribution < 1.29 is 29.3 Å². The van der Waals surface area contributed by atoms with Gasteiger partial charge in [0.15, 0.2) is 11.6 Å². The lowest BCUT2D eigenvalue weighted by molar-refractivity contribution is 0.0694. The number of ketones is 2. The number of aromatic hydroxyl groups is 1. The molecule has 0 amide bonds. The molecule has 0 spiro atoms. The highest BCUT2D eigenvalue weighted by Crippen LogP contribution is 2.37. The van der Waals surface area contributed by atoms with Crippen molar-refractivity contribution in [2.75, 3.05) is 0 Å². The first-order valence-corrected chi connectivity index (χ1v) is 28.6. The summed E-state index contributed by atoms with van der Waals surface area (Å²) in [7, 11) is 0. The second kappa shape index (κ2) is 27.5. The monoisotopic (exact) mass is 1180 g/mol. The van der Waals surface area contributed by atoms with Gasteiger partial charge in [-0.15, -0.1) is 0 Å². The van der Waals surface area contributed by atoms with Crippen LogP contribution in [-0.2, 0) is 0 Å². The fourth-order valence-electron chi connectivity index (χ4n) is 12.4. The average molecular weight is 1180 g/mol. The van der Waals surface area contributed by atoms with Crippen molar-refractivity contribution >= 4 is 49.4 Å². The number of rotatable bonds is 9. The van der Waals surface area contributed by atoms with Crippen molar-refractivity contribution in [2.45, 2.75) is 194 Å². The number of hydrogen-bond acceptors (Lipinski definition) is 9. The molecule has 12 heteroatoms. The number of benzene rings is 5. The molecule has 420 valence electrons. The summed E-state index contributed by atoms with van der Waals surface area (Å²) >= 11 is 6.71. The van der Waals surface area contributed by atoms with E-state index in [0.29, 0.717) is 42.0 Å². The lowest BCUT2D eigenvalue weighted by Crippen LogP contribution is -2.60. The number of carboxylic acid groups (broad SMARTS) is 1. The first kappa shape index (κ1) is 64.8. The summed E-state index contributed by atoms with van der Waals surface area (Å²) in [5.41, 5.74) is 11.5. The largest absolute Gasteiger partial charge is 0.508 e. The molecule has 0 aliphatic carbocycles. The van der Waals surface area contributed by atoms with Gasteiger partial charge in [-0.1, -0.05) is 74.3 Å². The van der Waals surface area contributed by atoms with Crippen LogP contribution < -0.4 is 26.4 Å². The van der Waals surface area contributed by atoms with Crippen LogP contribution in [0.2, 0.25) is 0 Å². The van der Waals surface area contributed by atoms with Crippen LogP contribution in [0, 0.1) is 32.6 Å². The maximum atomic E-state index is 13.0. The van der Waals surface area contributed by atoms with Gasteiger partial charge in [0.25, 0.3) is 0 Å². The van der Waals surface area contributed by atoms with Crippen LogP contribution in [0.3, 0.4) is 0 Å². The van der Waals surface area contributed by atoms with Gasteiger partial charge in [0, 0.05) is 72.2 Å². The smallest absolute Gasteiger partial charge is 0.335 e. The predicted molar refractivity (Wildman–Crippen MR) is 325 cm³/mol. The zero-order valence-corrected chi connectivity index (χ0v) is 51.9. The first-order chi connectivity index (χ1) is 35.5. The number of hydrogen-bond donors (Lipinski definition) is 6. The zero-order valence-electron chi connectivity index (χ0n) is 48.7. The van der Waals surface area contributed by atoms with Crippen LogP contribution in [-0.4, -0.2) is 67.0 Å². The summed E-state index contributed by atoms with van der Waals surface area (Å²) < 4.78 is 7.81. The van der Waals surface area contributed by atoms with E-state index in [0.717, 1.165) is 86.8 Å². The van der Waals surface area contributed by atoms with Crippen LogP contribution in [0.4, 0.5) is 0 Å². The summed E-state index contributed by atoms with van der Waals surface area (Å²) in [5, 5.41) is 28.2. The number of para-hydroxylation sites is 2. The molecule has 3 saturated heterocycles. The first-order valence-electron chi connectivity index (χ1n) is 27.1. The summed E-state index contributed by atoms with van der Waals surface area (Å²) in [6.45, 7) is 32.5. The van der Waals surface area contributed by atoms with Crippen LogP contribution in [0.5, 0.6) is 17.2 Å². The van der Waals surface area contributed by atoms with E-state index < -0.39 is 5.97 Å². The van der Waals surface area contributed by atoms with Gasteiger partial charge < -0.3 is 36.6 Å². The van der Waals surface area contributed by atoms with Gasteiger partial charge in [0.05, 0.1) is 5.56 Å². The molecule has 5 aromatic carbocycles. The van der Waals surface area contributed by atoms with E-state index in [1.165, 1.54) is 0 Å². The minimum Gasteiger partial charge on any atom is -0.508 e. The van der Waals surface area contributed by atoms with Crippen molar-refractivity contribution in [3.8, 4) is 17.2 Å². The summed E-state index contributed by atoms with van der Waals surface area (Å²) in [4.78, 5) is 36.1. The SMILES string of the molecule is CC1(C)CC(N)CC(C)(C)N1.Cc1cc(Br)ccc1C(=O)CC1CC(C)(C)NC(C)(C)C1.Cc1cc(Br)ccc1C(=O)O.Cc1cc(Oc2ccccc2)ccc1C(=O)CC1CC(C)(C)NC(C)(C)C1.Oc1ccccc1. The van der Waals surface area contributed by atoms with Crippen LogP contribution in [0.15, 0.2) is 124 Å². The highest BCUT2D eigenvalue weighted by molar-refractivity contribution is 9.10. The van der Waals surface area contributed by atoms with E-state index in [-0.39, 0.29) is 44.8 Å². The number of nitrogens with two attached hydrogens (primary N) is 1. The molecule has 0 radical (unpaired) electrons. The Labute approximate surface area is 478 Å². The Bertz CT molecular complexity index is 2690. The number of halogens is 2. The fourth-order valence-corrected chi connectivity index (χ4v) is 13.3. The number of nitrogens with one attached hydrogen (secondary N) is 3. The number of aromatic carboxylic acids is 1. The molecule has 8 rings (SSSR count). The Kier molecular flexibility index (Phi) is 23.1. The van der Waals surface area contributed by atoms with E-state index in [1.54, 1.807) is 49.4 Å².